The van der Waals surface area contributed by atoms with Crippen molar-refractivity contribution in [3.63, 3.8) is 0 Å². The molecule has 4 aromatic rings. The average molecular weight is 365 g/mol. The van der Waals surface area contributed by atoms with Crippen molar-refractivity contribution in [3.8, 4) is 5.69 Å². The molecular formula is C16H8Cl3N3O. The molecule has 7 heteroatoms. The Bertz CT molecular complexity index is 1130. The van der Waals surface area contributed by atoms with Crippen LogP contribution in [0.2, 0.25) is 15.1 Å². The van der Waals surface area contributed by atoms with Crippen LogP contribution in [0.15, 0.2) is 47.4 Å². The summed E-state index contributed by atoms with van der Waals surface area (Å²) in [5.41, 5.74) is 1.65. The molecule has 0 aliphatic rings. The third-order valence-electron chi connectivity index (χ3n) is 3.61. The lowest BCUT2D eigenvalue weighted by molar-refractivity contribution is 0.865. The monoisotopic (exact) mass is 363 g/mol. The predicted octanol–water partition coefficient (Wildman–Crippen LogP) is 4.83. The molecule has 4 rings (SSSR count). The van der Waals surface area contributed by atoms with Crippen LogP contribution in [0.1, 0.15) is 0 Å². The first-order chi connectivity index (χ1) is 11.0. The molecule has 0 amide bonds. The van der Waals surface area contributed by atoms with E-state index < -0.39 is 0 Å². The van der Waals surface area contributed by atoms with Crippen LogP contribution in [0.3, 0.4) is 0 Å². The molecule has 0 aliphatic carbocycles. The number of rotatable bonds is 1. The SMILES string of the molecule is O=c1c2cnc3cc(Cl)cc(Cl)c3c2[nH]n1-c1cccc(Cl)c1. The first kappa shape index (κ1) is 14.6. The molecule has 0 spiro atoms. The second-order valence-corrected chi connectivity index (χ2v) is 6.34. The number of nitrogens with one attached hydrogen (secondary N) is 1. The van der Waals surface area contributed by atoms with Crippen molar-refractivity contribution in [1.29, 1.82) is 0 Å². The number of hydrogen-bond acceptors (Lipinski definition) is 2. The molecule has 2 heterocycles. The van der Waals surface area contributed by atoms with Gasteiger partial charge in [0.2, 0.25) is 0 Å². The first-order valence-corrected chi connectivity index (χ1v) is 7.82. The van der Waals surface area contributed by atoms with Gasteiger partial charge < -0.3 is 0 Å². The molecular weight excluding hydrogens is 357 g/mol. The van der Waals surface area contributed by atoms with Crippen LogP contribution < -0.4 is 5.56 Å². The molecule has 2 aromatic heterocycles. The molecule has 4 nitrogen and oxygen atoms in total. The number of aromatic amines is 1. The Kier molecular flexibility index (Phi) is 3.34. The Morgan fingerprint density at radius 1 is 1.04 bits per heavy atom. The van der Waals surface area contributed by atoms with Crippen LogP contribution in [0.4, 0.5) is 0 Å². The Balaban J connectivity index is 2.12. The maximum Gasteiger partial charge on any atom is 0.280 e. The number of H-pyrrole nitrogens is 1. The number of aromatic nitrogens is 3. The first-order valence-electron chi connectivity index (χ1n) is 6.69. The summed E-state index contributed by atoms with van der Waals surface area (Å²) in [6, 6.07) is 10.3. The number of hydrogen-bond donors (Lipinski definition) is 1. The highest BCUT2D eigenvalue weighted by Crippen LogP contribution is 2.31. The van der Waals surface area contributed by atoms with Crippen LogP contribution in [0, 0.1) is 0 Å². The van der Waals surface area contributed by atoms with Crippen molar-refractivity contribution < 1.29 is 0 Å². The summed E-state index contributed by atoms with van der Waals surface area (Å²) in [5, 5.41) is 5.66. The number of pyridine rings is 1. The summed E-state index contributed by atoms with van der Waals surface area (Å²) in [6.07, 6.45) is 1.52. The lowest BCUT2D eigenvalue weighted by atomic mass is 10.2. The lowest BCUT2D eigenvalue weighted by Gasteiger charge is -2.03. The minimum atomic E-state index is -0.220. The zero-order chi connectivity index (χ0) is 16.1. The highest BCUT2D eigenvalue weighted by Gasteiger charge is 2.14. The molecule has 0 aliphatic heterocycles. The zero-order valence-electron chi connectivity index (χ0n) is 11.5. The van der Waals surface area contributed by atoms with Crippen molar-refractivity contribution in [2.24, 2.45) is 0 Å². The quantitative estimate of drug-likeness (QED) is 0.526. The summed E-state index contributed by atoms with van der Waals surface area (Å²) in [5.74, 6) is 0. The Hall–Kier alpha value is -2.01. The van der Waals surface area contributed by atoms with Crippen molar-refractivity contribution in [1.82, 2.24) is 14.8 Å². The largest absolute Gasteiger partial charge is 0.289 e. The minimum Gasteiger partial charge on any atom is -0.289 e. The number of fused-ring (bicyclic) bond motifs is 3. The lowest BCUT2D eigenvalue weighted by Crippen LogP contribution is -2.14. The molecule has 114 valence electrons. The van der Waals surface area contributed by atoms with Crippen LogP contribution in [0.5, 0.6) is 0 Å². The summed E-state index contributed by atoms with van der Waals surface area (Å²) in [6.45, 7) is 0. The van der Waals surface area contributed by atoms with E-state index in [9.17, 15) is 4.79 Å². The highest BCUT2D eigenvalue weighted by molar-refractivity contribution is 6.40. The summed E-state index contributed by atoms with van der Waals surface area (Å²) in [4.78, 5) is 16.9. The molecule has 1 N–H and O–H groups in total. The number of halogens is 3. The Morgan fingerprint density at radius 3 is 2.65 bits per heavy atom. The van der Waals surface area contributed by atoms with Crippen molar-refractivity contribution in [3.05, 3.63) is 68.0 Å². The zero-order valence-corrected chi connectivity index (χ0v) is 13.7. The second kappa shape index (κ2) is 5.27. The molecule has 0 fully saturated rings. The molecule has 2 aromatic carbocycles. The van der Waals surface area contributed by atoms with Crippen LogP contribution in [-0.2, 0) is 0 Å². The van der Waals surface area contributed by atoms with E-state index in [1.165, 1.54) is 10.9 Å². The van der Waals surface area contributed by atoms with Gasteiger partial charge in [-0.05, 0) is 30.3 Å². The van der Waals surface area contributed by atoms with Gasteiger partial charge in [-0.25, -0.2) is 4.68 Å². The topological polar surface area (TPSA) is 50.7 Å². The van der Waals surface area contributed by atoms with E-state index in [1.54, 1.807) is 36.4 Å². The fraction of sp³-hybridized carbons (Fsp3) is 0. The smallest absolute Gasteiger partial charge is 0.280 e. The predicted molar refractivity (Wildman–Crippen MR) is 94.2 cm³/mol. The maximum absolute atomic E-state index is 12.6. The van der Waals surface area contributed by atoms with Crippen LogP contribution in [0.25, 0.3) is 27.5 Å². The van der Waals surface area contributed by atoms with Gasteiger partial charge in [-0.1, -0.05) is 40.9 Å². The normalized spacial score (nSPS) is 11.4. The van der Waals surface area contributed by atoms with E-state index in [0.717, 1.165) is 0 Å². The van der Waals surface area contributed by atoms with Gasteiger partial charge in [0.1, 0.15) is 0 Å². The van der Waals surface area contributed by atoms with Gasteiger partial charge in [0.15, 0.2) is 0 Å². The third kappa shape index (κ3) is 2.30. The molecule has 0 saturated heterocycles. The van der Waals surface area contributed by atoms with E-state index in [-0.39, 0.29) is 5.56 Å². The molecule has 0 radical (unpaired) electrons. The number of benzene rings is 2. The second-order valence-electron chi connectivity index (χ2n) is 5.06. The van der Waals surface area contributed by atoms with E-state index in [0.29, 0.717) is 42.6 Å². The Morgan fingerprint density at radius 2 is 1.87 bits per heavy atom. The van der Waals surface area contributed by atoms with E-state index >= 15 is 0 Å². The van der Waals surface area contributed by atoms with E-state index in [2.05, 4.69) is 10.1 Å². The van der Waals surface area contributed by atoms with Gasteiger partial charge in [0.25, 0.3) is 5.56 Å². The van der Waals surface area contributed by atoms with Gasteiger partial charge in [0.05, 0.1) is 27.1 Å². The van der Waals surface area contributed by atoms with Gasteiger partial charge >= 0.3 is 0 Å². The molecule has 0 atom stereocenters. The fourth-order valence-electron chi connectivity index (χ4n) is 2.60. The average Bonchev–Trinajstić information content (AvgIpc) is 2.84. The standard InChI is InChI=1S/C16H8Cl3N3O/c17-8-2-1-3-10(4-8)22-16(23)11-7-20-13-6-9(18)5-12(19)14(13)15(11)21-22/h1-7,21H. The molecule has 23 heavy (non-hydrogen) atoms. The molecule has 0 saturated carbocycles. The van der Waals surface area contributed by atoms with Crippen LogP contribution in [-0.4, -0.2) is 14.8 Å². The summed E-state index contributed by atoms with van der Waals surface area (Å²) in [7, 11) is 0. The maximum atomic E-state index is 12.6. The van der Waals surface area contributed by atoms with Crippen LogP contribution >= 0.6 is 34.8 Å². The van der Waals surface area contributed by atoms with Gasteiger partial charge in [-0.15, -0.1) is 0 Å². The third-order valence-corrected chi connectivity index (χ3v) is 4.36. The van der Waals surface area contributed by atoms with Gasteiger partial charge in [-0.2, -0.15) is 0 Å². The summed E-state index contributed by atoms with van der Waals surface area (Å²) >= 11 is 18.3. The van der Waals surface area contributed by atoms with Crippen molar-refractivity contribution >= 4 is 56.6 Å². The van der Waals surface area contributed by atoms with Crippen molar-refractivity contribution in [2.45, 2.75) is 0 Å². The fourth-order valence-corrected chi connectivity index (χ4v) is 3.36. The molecule has 0 bridgehead atoms. The Labute approximate surface area is 145 Å². The summed E-state index contributed by atoms with van der Waals surface area (Å²) < 4.78 is 1.42. The van der Waals surface area contributed by atoms with Gasteiger partial charge in [-0.3, -0.25) is 14.9 Å². The highest BCUT2D eigenvalue weighted by atomic mass is 35.5. The van der Waals surface area contributed by atoms with Gasteiger partial charge in [0, 0.05) is 21.6 Å². The van der Waals surface area contributed by atoms with E-state index in [4.69, 9.17) is 34.8 Å². The number of nitrogens with zero attached hydrogens (tertiary/aromatic N) is 2. The van der Waals surface area contributed by atoms with Crippen molar-refractivity contribution in [2.75, 3.05) is 0 Å². The minimum absolute atomic E-state index is 0.220. The van der Waals surface area contributed by atoms with E-state index in [1.807, 2.05) is 0 Å². The molecule has 0 unspecified atom stereocenters.